The Labute approximate surface area is 94.0 Å². The highest BCUT2D eigenvalue weighted by atomic mass is 32.2. The fourth-order valence-electron chi connectivity index (χ4n) is 0.798. The van der Waals surface area contributed by atoms with E-state index in [1.165, 1.54) is 11.8 Å². The zero-order valence-corrected chi connectivity index (χ0v) is 9.68. The predicted molar refractivity (Wildman–Crippen MR) is 59.5 cm³/mol. The van der Waals surface area contributed by atoms with E-state index < -0.39 is 0 Å². The SMILES string of the molecule is C=COC(=O)CCSCCC(=O)OCC. The lowest BCUT2D eigenvalue weighted by molar-refractivity contribution is -0.142. The zero-order chi connectivity index (χ0) is 11.5. The maximum Gasteiger partial charge on any atom is 0.311 e. The number of esters is 2. The average Bonchev–Trinajstić information content (AvgIpc) is 2.18. The van der Waals surface area contributed by atoms with Gasteiger partial charge >= 0.3 is 11.9 Å². The van der Waals surface area contributed by atoms with E-state index in [1.807, 2.05) is 0 Å². The molecule has 0 aromatic heterocycles. The second kappa shape index (κ2) is 9.58. The van der Waals surface area contributed by atoms with Crippen LogP contribution in [0.25, 0.3) is 0 Å². The second-order valence-corrected chi connectivity index (χ2v) is 3.80. The van der Waals surface area contributed by atoms with Gasteiger partial charge in [-0.15, -0.1) is 0 Å². The first kappa shape index (κ1) is 14.0. The Kier molecular flexibility index (Phi) is 8.96. The first-order chi connectivity index (χ1) is 7.20. The van der Waals surface area contributed by atoms with Crippen LogP contribution in [-0.4, -0.2) is 30.1 Å². The van der Waals surface area contributed by atoms with E-state index >= 15 is 0 Å². The third kappa shape index (κ3) is 9.34. The summed E-state index contributed by atoms with van der Waals surface area (Å²) in [6.07, 6.45) is 1.83. The summed E-state index contributed by atoms with van der Waals surface area (Å²) in [4.78, 5) is 21.7. The van der Waals surface area contributed by atoms with Crippen molar-refractivity contribution in [2.75, 3.05) is 18.1 Å². The molecule has 0 saturated heterocycles. The van der Waals surface area contributed by atoms with Gasteiger partial charge in [0, 0.05) is 11.5 Å². The Morgan fingerprint density at radius 2 is 1.87 bits per heavy atom. The van der Waals surface area contributed by atoms with Crippen LogP contribution >= 0.6 is 11.8 Å². The van der Waals surface area contributed by atoms with Gasteiger partial charge in [-0.3, -0.25) is 9.59 Å². The van der Waals surface area contributed by atoms with Crippen LogP contribution in [0.15, 0.2) is 12.8 Å². The highest BCUT2D eigenvalue weighted by Crippen LogP contribution is 2.06. The summed E-state index contributed by atoms with van der Waals surface area (Å²) in [6, 6.07) is 0. The molecule has 0 aliphatic heterocycles. The molecule has 0 heterocycles. The molecule has 0 atom stereocenters. The molecule has 0 saturated carbocycles. The maximum absolute atomic E-state index is 10.9. The molecule has 5 heteroatoms. The molecule has 0 amide bonds. The first-order valence-electron chi connectivity index (χ1n) is 4.74. The van der Waals surface area contributed by atoms with Crippen LogP contribution in [0.3, 0.4) is 0 Å². The topological polar surface area (TPSA) is 52.6 Å². The zero-order valence-electron chi connectivity index (χ0n) is 8.86. The van der Waals surface area contributed by atoms with Crippen molar-refractivity contribution in [2.45, 2.75) is 19.8 Å². The minimum absolute atomic E-state index is 0.196. The Bertz CT molecular complexity index is 215. The Morgan fingerprint density at radius 3 is 2.40 bits per heavy atom. The van der Waals surface area contributed by atoms with Crippen LogP contribution in [0.4, 0.5) is 0 Å². The van der Waals surface area contributed by atoms with Crippen molar-refractivity contribution in [2.24, 2.45) is 0 Å². The summed E-state index contributed by atoms with van der Waals surface area (Å²) in [5.41, 5.74) is 0. The summed E-state index contributed by atoms with van der Waals surface area (Å²) in [5, 5.41) is 0. The number of carbonyl (C=O) groups is 2. The van der Waals surface area contributed by atoms with Gasteiger partial charge in [-0.1, -0.05) is 6.58 Å². The molecular formula is C10H16O4S. The van der Waals surface area contributed by atoms with Crippen molar-refractivity contribution in [1.29, 1.82) is 0 Å². The van der Waals surface area contributed by atoms with Crippen LogP contribution < -0.4 is 0 Å². The summed E-state index contributed by atoms with van der Waals surface area (Å²) in [6.45, 7) is 5.46. The lowest BCUT2D eigenvalue weighted by atomic mass is 10.5. The van der Waals surface area contributed by atoms with E-state index in [1.54, 1.807) is 6.92 Å². The lowest BCUT2D eigenvalue weighted by Gasteiger charge is -2.01. The fraction of sp³-hybridized carbons (Fsp3) is 0.600. The summed E-state index contributed by atoms with van der Waals surface area (Å²) in [5.74, 6) is 0.819. The number of thioether (sulfide) groups is 1. The van der Waals surface area contributed by atoms with Gasteiger partial charge in [-0.2, -0.15) is 11.8 Å². The van der Waals surface area contributed by atoms with Gasteiger partial charge in [0.1, 0.15) is 0 Å². The number of hydrogen-bond donors (Lipinski definition) is 0. The molecule has 0 fully saturated rings. The lowest BCUT2D eigenvalue weighted by Crippen LogP contribution is -2.06. The molecule has 0 aliphatic carbocycles. The van der Waals surface area contributed by atoms with Gasteiger partial charge in [0.05, 0.1) is 25.7 Å². The number of rotatable bonds is 8. The highest BCUT2D eigenvalue weighted by Gasteiger charge is 2.03. The molecule has 4 nitrogen and oxygen atoms in total. The van der Waals surface area contributed by atoms with E-state index in [2.05, 4.69) is 11.3 Å². The smallest absolute Gasteiger partial charge is 0.311 e. The van der Waals surface area contributed by atoms with E-state index in [0.717, 1.165) is 6.26 Å². The summed E-state index contributed by atoms with van der Waals surface area (Å²) in [7, 11) is 0. The van der Waals surface area contributed by atoms with Crippen molar-refractivity contribution in [3.8, 4) is 0 Å². The summed E-state index contributed by atoms with van der Waals surface area (Å²) >= 11 is 1.53. The minimum Gasteiger partial charge on any atom is -0.466 e. The molecule has 0 bridgehead atoms. The van der Waals surface area contributed by atoms with E-state index in [4.69, 9.17) is 4.74 Å². The molecule has 0 N–H and O–H groups in total. The van der Waals surface area contributed by atoms with Crippen LogP contribution in [-0.2, 0) is 19.1 Å². The molecule has 0 aromatic carbocycles. The Morgan fingerprint density at radius 1 is 1.27 bits per heavy atom. The molecule has 0 radical (unpaired) electrons. The standard InChI is InChI=1S/C10H16O4S/c1-3-13-9(11)5-7-15-8-6-10(12)14-4-2/h3H,1,4-8H2,2H3. The number of ether oxygens (including phenoxy) is 2. The van der Waals surface area contributed by atoms with Gasteiger partial charge in [0.15, 0.2) is 0 Å². The fourth-order valence-corrected chi connectivity index (χ4v) is 1.62. The van der Waals surface area contributed by atoms with E-state index in [0.29, 0.717) is 31.0 Å². The average molecular weight is 232 g/mol. The first-order valence-corrected chi connectivity index (χ1v) is 5.90. The van der Waals surface area contributed by atoms with Crippen LogP contribution in [0.5, 0.6) is 0 Å². The molecule has 86 valence electrons. The minimum atomic E-state index is -0.298. The van der Waals surface area contributed by atoms with Crippen LogP contribution in [0.1, 0.15) is 19.8 Å². The van der Waals surface area contributed by atoms with E-state index in [-0.39, 0.29) is 11.9 Å². The summed E-state index contributed by atoms with van der Waals surface area (Å²) < 4.78 is 9.28. The van der Waals surface area contributed by atoms with Crippen LogP contribution in [0.2, 0.25) is 0 Å². The van der Waals surface area contributed by atoms with Crippen molar-refractivity contribution < 1.29 is 19.1 Å². The predicted octanol–water partition coefficient (Wildman–Crippen LogP) is 1.75. The van der Waals surface area contributed by atoms with Crippen molar-refractivity contribution in [3.05, 3.63) is 12.8 Å². The molecule has 0 aromatic rings. The normalized spacial score (nSPS) is 9.40. The largest absolute Gasteiger partial charge is 0.466 e. The Balaban J connectivity index is 3.28. The van der Waals surface area contributed by atoms with Gasteiger partial charge in [0.2, 0.25) is 0 Å². The molecule has 0 rings (SSSR count). The monoisotopic (exact) mass is 232 g/mol. The van der Waals surface area contributed by atoms with Crippen LogP contribution in [0, 0.1) is 0 Å². The third-order valence-electron chi connectivity index (χ3n) is 1.42. The van der Waals surface area contributed by atoms with Crippen molar-refractivity contribution in [1.82, 2.24) is 0 Å². The van der Waals surface area contributed by atoms with Gasteiger partial charge in [0.25, 0.3) is 0 Å². The van der Waals surface area contributed by atoms with E-state index in [9.17, 15) is 9.59 Å². The second-order valence-electron chi connectivity index (χ2n) is 2.57. The van der Waals surface area contributed by atoms with Gasteiger partial charge in [-0.05, 0) is 6.92 Å². The third-order valence-corrected chi connectivity index (χ3v) is 2.41. The van der Waals surface area contributed by atoms with Crippen molar-refractivity contribution in [3.63, 3.8) is 0 Å². The molecule has 0 unspecified atom stereocenters. The maximum atomic E-state index is 10.9. The number of hydrogen-bond acceptors (Lipinski definition) is 5. The van der Waals surface area contributed by atoms with Crippen molar-refractivity contribution >= 4 is 23.7 Å². The molecular weight excluding hydrogens is 216 g/mol. The molecule has 0 spiro atoms. The quantitative estimate of drug-likeness (QED) is 0.362. The molecule has 0 aliphatic rings. The Hall–Kier alpha value is -0.970. The number of carbonyl (C=O) groups excluding carboxylic acids is 2. The van der Waals surface area contributed by atoms with Gasteiger partial charge < -0.3 is 9.47 Å². The van der Waals surface area contributed by atoms with Gasteiger partial charge in [-0.25, -0.2) is 0 Å². The molecule has 15 heavy (non-hydrogen) atoms. The highest BCUT2D eigenvalue weighted by molar-refractivity contribution is 7.99.